The van der Waals surface area contributed by atoms with Crippen molar-refractivity contribution in [1.82, 2.24) is 15.1 Å². The summed E-state index contributed by atoms with van der Waals surface area (Å²) in [6, 6.07) is 0. The lowest BCUT2D eigenvalue weighted by atomic mass is 9.33. The number of allylic oxidation sites excluding steroid dienone is 1. The number of nitrogens with one attached hydrogen (secondary N) is 1. The second kappa shape index (κ2) is 13.2. The van der Waals surface area contributed by atoms with Crippen LogP contribution in [0.2, 0.25) is 0 Å². The zero-order chi connectivity index (χ0) is 35.6. The highest BCUT2D eigenvalue weighted by Crippen LogP contribution is 2.76. The lowest BCUT2D eigenvalue weighted by molar-refractivity contribution is -0.240. The molecule has 2 heterocycles. The Morgan fingerprint density at radius 2 is 1.59 bits per heavy atom. The van der Waals surface area contributed by atoms with E-state index in [1.165, 1.54) is 56.6 Å². The number of rotatable bonds is 9. The number of nitrogens with zero attached hydrogens (tertiary/aromatic N) is 2. The molecule has 6 aliphatic rings. The van der Waals surface area contributed by atoms with Gasteiger partial charge < -0.3 is 20.2 Å². The molecule has 8 nitrogen and oxygen atoms in total. The Labute approximate surface area is 298 Å². The van der Waals surface area contributed by atoms with Gasteiger partial charge in [0.1, 0.15) is 0 Å². The first-order valence-corrected chi connectivity index (χ1v) is 21.3. The first kappa shape index (κ1) is 37.4. The summed E-state index contributed by atoms with van der Waals surface area (Å²) in [5.41, 5.74) is 2.03. The normalized spacial score (nSPS) is 43.6. The smallest absolute Gasteiger partial charge is 0.328 e. The summed E-state index contributed by atoms with van der Waals surface area (Å²) < 4.78 is 20.0. The zero-order valence-corrected chi connectivity index (χ0v) is 32.3. The molecule has 4 saturated carbocycles. The Hall–Kier alpha value is -1.39. The summed E-state index contributed by atoms with van der Waals surface area (Å²) in [4.78, 5) is 28.8. The molecular formula is C40H67N3O5S. The SMILES string of the molecule is C=C(C)[C@@H]1CC[C@]2(CNCCCN3CCS(O)(O)CC3)CC[C@]3(C)[C@H](CC[C@@H]4[C@@]5(C)CCN(C(=O)/C=C/C(=O)O)C(C)(C)[C@@H]5CC[C@]43C)[C@@H]12. The Kier molecular flexibility index (Phi) is 10.1. The Balaban J connectivity index is 1.18. The van der Waals surface area contributed by atoms with Crippen LogP contribution in [0.15, 0.2) is 24.3 Å². The number of likely N-dealkylation sites (tertiary alicyclic amines) is 1. The monoisotopic (exact) mass is 701 g/mol. The van der Waals surface area contributed by atoms with Crippen LogP contribution in [0, 0.1) is 51.2 Å². The minimum Gasteiger partial charge on any atom is -0.478 e. The number of carboxylic acids is 1. The first-order valence-electron chi connectivity index (χ1n) is 19.4. The summed E-state index contributed by atoms with van der Waals surface area (Å²) in [7, 11) is -2.34. The van der Waals surface area contributed by atoms with Crippen molar-refractivity contribution in [1.29, 1.82) is 0 Å². The van der Waals surface area contributed by atoms with Crippen molar-refractivity contribution in [2.45, 2.75) is 111 Å². The Morgan fingerprint density at radius 1 is 0.878 bits per heavy atom. The van der Waals surface area contributed by atoms with Gasteiger partial charge in [0.2, 0.25) is 5.91 Å². The molecule has 6 fully saturated rings. The van der Waals surface area contributed by atoms with Crippen LogP contribution in [0.25, 0.3) is 0 Å². The van der Waals surface area contributed by atoms with E-state index in [0.29, 0.717) is 53.1 Å². The summed E-state index contributed by atoms with van der Waals surface area (Å²) in [5.74, 6) is 2.75. The second-order valence-corrected chi connectivity index (χ2v) is 21.1. The number of hydrogen-bond donors (Lipinski definition) is 4. The Bertz CT molecular complexity index is 1320. The lowest BCUT2D eigenvalue weighted by Gasteiger charge is -2.73. The fourth-order valence-corrected chi connectivity index (χ4v) is 15.0. The predicted molar refractivity (Wildman–Crippen MR) is 200 cm³/mol. The standard InChI is InChI=1S/C40H67N3O5S/c1-28(2)29-13-16-40(27-41-20-8-21-42-23-25-49(47,48)26-24-42)18-17-38(6)30(35(29)40)9-10-32-37(5)19-22-43(33(44)11-12-34(45)46)36(3,4)31(37)14-15-39(32,38)7/h11-12,29-32,35,41,47-48H,1,8-10,13-27H2,2-7H3,(H,45,46)/b12-11+/t29-,30+,31-,32+,35+,37-,38+,39+,40+/m0/s1. The van der Waals surface area contributed by atoms with E-state index in [9.17, 15) is 18.7 Å². The molecule has 49 heavy (non-hydrogen) atoms. The van der Waals surface area contributed by atoms with Gasteiger partial charge in [-0.2, -0.15) is 10.6 Å². The molecule has 0 aromatic carbocycles. The van der Waals surface area contributed by atoms with E-state index in [4.69, 9.17) is 5.11 Å². The molecule has 0 spiro atoms. The van der Waals surface area contributed by atoms with Gasteiger partial charge in [0, 0.05) is 43.9 Å². The summed E-state index contributed by atoms with van der Waals surface area (Å²) in [5, 5.41) is 13.1. The molecule has 0 unspecified atom stereocenters. The summed E-state index contributed by atoms with van der Waals surface area (Å²) in [6.45, 7) is 24.7. The Morgan fingerprint density at radius 3 is 2.27 bits per heavy atom. The van der Waals surface area contributed by atoms with Gasteiger partial charge in [0.25, 0.3) is 0 Å². The molecule has 0 aromatic heterocycles. The van der Waals surface area contributed by atoms with Gasteiger partial charge in [-0.05, 0) is 149 Å². The topological polar surface area (TPSA) is 113 Å². The van der Waals surface area contributed by atoms with E-state index < -0.39 is 16.6 Å². The summed E-state index contributed by atoms with van der Waals surface area (Å²) in [6.07, 6.45) is 14.3. The number of carboxylic acid groups (broad SMARTS) is 1. The predicted octanol–water partition coefficient (Wildman–Crippen LogP) is 7.52. The highest BCUT2D eigenvalue weighted by Gasteiger charge is 2.70. The van der Waals surface area contributed by atoms with Crippen molar-refractivity contribution in [3.05, 3.63) is 24.3 Å². The van der Waals surface area contributed by atoms with Crippen LogP contribution in [0.5, 0.6) is 0 Å². The number of aliphatic carboxylic acids is 1. The third-order valence-electron chi connectivity index (χ3n) is 16.3. The van der Waals surface area contributed by atoms with Gasteiger partial charge in [0.05, 0.1) is 11.5 Å². The van der Waals surface area contributed by atoms with Crippen molar-refractivity contribution in [3.63, 3.8) is 0 Å². The van der Waals surface area contributed by atoms with E-state index in [2.05, 4.69) is 58.3 Å². The van der Waals surface area contributed by atoms with Crippen molar-refractivity contribution < 1.29 is 23.8 Å². The molecule has 1 amide bonds. The maximum atomic E-state index is 13.3. The number of carbonyl (C=O) groups is 2. The van der Waals surface area contributed by atoms with E-state index in [-0.39, 0.29) is 27.7 Å². The molecule has 0 bridgehead atoms. The molecule has 6 rings (SSSR count). The fourth-order valence-electron chi connectivity index (χ4n) is 13.7. The van der Waals surface area contributed by atoms with Crippen LogP contribution in [0.1, 0.15) is 106 Å². The highest BCUT2D eigenvalue weighted by atomic mass is 32.3. The molecule has 4 N–H and O–H groups in total. The summed E-state index contributed by atoms with van der Waals surface area (Å²) >= 11 is 0. The van der Waals surface area contributed by atoms with Crippen LogP contribution in [0.3, 0.4) is 0 Å². The molecular weight excluding hydrogens is 635 g/mol. The minimum absolute atomic E-state index is 0.142. The van der Waals surface area contributed by atoms with Crippen molar-refractivity contribution in [2.24, 2.45) is 51.2 Å². The van der Waals surface area contributed by atoms with Gasteiger partial charge in [-0.15, -0.1) is 0 Å². The minimum atomic E-state index is -2.34. The van der Waals surface area contributed by atoms with Crippen LogP contribution >= 0.6 is 10.6 Å². The molecule has 278 valence electrons. The maximum Gasteiger partial charge on any atom is 0.328 e. The number of piperidine rings is 1. The van der Waals surface area contributed by atoms with Gasteiger partial charge >= 0.3 is 5.97 Å². The van der Waals surface area contributed by atoms with Gasteiger partial charge in [0.15, 0.2) is 0 Å². The molecule has 0 aromatic rings. The first-order chi connectivity index (χ1) is 22.9. The van der Waals surface area contributed by atoms with Gasteiger partial charge in [-0.25, -0.2) is 4.79 Å². The fraction of sp³-hybridized carbons (Fsp3) is 0.850. The molecule has 9 atom stereocenters. The third kappa shape index (κ3) is 6.27. The molecule has 2 saturated heterocycles. The van der Waals surface area contributed by atoms with E-state index in [1.807, 2.05) is 4.90 Å². The number of fused-ring (bicyclic) bond motifs is 7. The van der Waals surface area contributed by atoms with Crippen LogP contribution in [-0.2, 0) is 9.59 Å². The quantitative estimate of drug-likeness (QED) is 0.112. The van der Waals surface area contributed by atoms with Gasteiger partial charge in [-0.3, -0.25) is 13.9 Å². The van der Waals surface area contributed by atoms with Crippen molar-refractivity contribution >= 4 is 22.5 Å². The number of hydrogen-bond acceptors (Lipinski definition) is 6. The van der Waals surface area contributed by atoms with Crippen molar-refractivity contribution in [3.8, 4) is 0 Å². The largest absolute Gasteiger partial charge is 0.478 e. The average molecular weight is 702 g/mol. The molecule has 0 radical (unpaired) electrons. The lowest BCUT2D eigenvalue weighted by Crippen LogP contribution is -2.70. The second-order valence-electron chi connectivity index (χ2n) is 18.7. The maximum absolute atomic E-state index is 13.3. The van der Waals surface area contributed by atoms with Crippen LogP contribution < -0.4 is 5.32 Å². The zero-order valence-electron chi connectivity index (χ0n) is 31.4. The van der Waals surface area contributed by atoms with Crippen LogP contribution in [-0.4, -0.2) is 92.2 Å². The average Bonchev–Trinajstić information content (AvgIpc) is 3.40. The van der Waals surface area contributed by atoms with E-state index >= 15 is 0 Å². The van der Waals surface area contributed by atoms with E-state index in [0.717, 1.165) is 58.1 Å². The highest BCUT2D eigenvalue weighted by molar-refractivity contribution is 8.24. The molecule has 4 aliphatic carbocycles. The number of amides is 1. The van der Waals surface area contributed by atoms with Gasteiger partial charge in [-0.1, -0.05) is 32.9 Å². The third-order valence-corrected chi connectivity index (χ3v) is 18.0. The van der Waals surface area contributed by atoms with E-state index in [1.54, 1.807) is 0 Å². The molecule has 2 aliphatic heterocycles. The number of carbonyl (C=O) groups excluding carboxylic acids is 1. The molecule has 9 heteroatoms. The van der Waals surface area contributed by atoms with Crippen molar-refractivity contribution in [2.75, 3.05) is 50.8 Å². The van der Waals surface area contributed by atoms with Crippen LogP contribution in [0.4, 0.5) is 0 Å².